The summed E-state index contributed by atoms with van der Waals surface area (Å²) in [4.78, 5) is 23.4. The molecule has 3 rings (SSSR count). The molecule has 1 N–H and O–H groups in total. The fourth-order valence-electron chi connectivity index (χ4n) is 2.68. The second-order valence-corrected chi connectivity index (χ2v) is 5.45. The van der Waals surface area contributed by atoms with Crippen LogP contribution in [0.2, 0.25) is 0 Å². The monoisotopic (exact) mass is 306 g/mol. The van der Waals surface area contributed by atoms with Crippen LogP contribution in [0.25, 0.3) is 10.9 Å². The van der Waals surface area contributed by atoms with Crippen molar-refractivity contribution in [2.24, 2.45) is 0 Å². The third-order valence-electron chi connectivity index (χ3n) is 3.91. The summed E-state index contributed by atoms with van der Waals surface area (Å²) in [5, 5.41) is 3.75. The molecule has 116 valence electrons. The first-order valence-corrected chi connectivity index (χ1v) is 7.63. The van der Waals surface area contributed by atoms with Gasteiger partial charge in [0, 0.05) is 28.4 Å². The van der Waals surface area contributed by atoms with Gasteiger partial charge in [0.2, 0.25) is 5.91 Å². The molecule has 3 aromatic rings. The number of aryl methyl sites for hydroxylation is 1. The maximum absolute atomic E-state index is 12.3. The number of nitrogens with zero attached hydrogens (tertiary/aromatic N) is 1. The van der Waals surface area contributed by atoms with Gasteiger partial charge in [-0.1, -0.05) is 37.3 Å². The van der Waals surface area contributed by atoms with Gasteiger partial charge < -0.3 is 9.88 Å². The molecule has 0 radical (unpaired) electrons. The van der Waals surface area contributed by atoms with Gasteiger partial charge in [-0.05, 0) is 30.2 Å². The smallest absolute Gasteiger partial charge is 0.244 e. The van der Waals surface area contributed by atoms with Gasteiger partial charge in [-0.25, -0.2) is 0 Å². The fourth-order valence-corrected chi connectivity index (χ4v) is 2.68. The van der Waals surface area contributed by atoms with Crippen molar-refractivity contribution in [3.05, 3.63) is 65.9 Å². The van der Waals surface area contributed by atoms with Gasteiger partial charge in [0.15, 0.2) is 6.29 Å². The first-order valence-electron chi connectivity index (χ1n) is 7.63. The number of fused-ring (bicyclic) bond motifs is 1. The van der Waals surface area contributed by atoms with E-state index in [1.807, 2.05) is 48.5 Å². The minimum Gasteiger partial charge on any atom is -0.337 e. The second kappa shape index (κ2) is 6.48. The number of nitrogens with one attached hydrogen (secondary N) is 1. The van der Waals surface area contributed by atoms with Crippen molar-refractivity contribution < 1.29 is 9.59 Å². The topological polar surface area (TPSA) is 51.1 Å². The van der Waals surface area contributed by atoms with E-state index in [2.05, 4.69) is 12.2 Å². The number of para-hydroxylation sites is 1. The Hall–Kier alpha value is -2.88. The van der Waals surface area contributed by atoms with E-state index in [1.54, 1.807) is 10.8 Å². The summed E-state index contributed by atoms with van der Waals surface area (Å²) in [5.74, 6) is -0.118. The molecule has 0 atom stereocenters. The molecule has 23 heavy (non-hydrogen) atoms. The molecule has 4 heteroatoms. The molecule has 0 saturated heterocycles. The molecule has 2 aromatic carbocycles. The molecule has 1 amide bonds. The Morgan fingerprint density at radius 1 is 1.13 bits per heavy atom. The maximum Gasteiger partial charge on any atom is 0.244 e. The van der Waals surface area contributed by atoms with E-state index in [0.29, 0.717) is 5.56 Å². The zero-order valence-corrected chi connectivity index (χ0v) is 13.0. The summed E-state index contributed by atoms with van der Waals surface area (Å²) in [5.41, 5.74) is 3.49. The summed E-state index contributed by atoms with van der Waals surface area (Å²) < 4.78 is 1.80. The largest absolute Gasteiger partial charge is 0.337 e. The van der Waals surface area contributed by atoms with Gasteiger partial charge >= 0.3 is 0 Å². The minimum atomic E-state index is -0.118. The molecule has 0 fully saturated rings. The minimum absolute atomic E-state index is 0.118. The number of rotatable bonds is 5. The van der Waals surface area contributed by atoms with Crippen LogP contribution in [0.5, 0.6) is 0 Å². The van der Waals surface area contributed by atoms with E-state index >= 15 is 0 Å². The third kappa shape index (κ3) is 3.16. The summed E-state index contributed by atoms with van der Waals surface area (Å²) in [7, 11) is 0. The molecule has 4 nitrogen and oxygen atoms in total. The number of benzene rings is 2. The normalized spacial score (nSPS) is 10.7. The zero-order chi connectivity index (χ0) is 16.2. The summed E-state index contributed by atoms with van der Waals surface area (Å²) in [6, 6.07) is 15.4. The molecule has 0 spiro atoms. The predicted molar refractivity (Wildman–Crippen MR) is 91.8 cm³/mol. The van der Waals surface area contributed by atoms with Crippen LogP contribution in [0, 0.1) is 0 Å². The van der Waals surface area contributed by atoms with E-state index in [4.69, 9.17) is 0 Å². The first kappa shape index (κ1) is 15.0. The molecular formula is C19H18N2O2. The molecule has 0 aliphatic heterocycles. The molecule has 0 saturated carbocycles. The lowest BCUT2D eigenvalue weighted by atomic mass is 10.1. The van der Waals surface area contributed by atoms with Gasteiger partial charge in [0.1, 0.15) is 6.54 Å². The number of amides is 1. The molecule has 1 heterocycles. The number of carbonyl (C=O) groups is 2. The van der Waals surface area contributed by atoms with Gasteiger partial charge in [0.05, 0.1) is 0 Å². The van der Waals surface area contributed by atoms with Gasteiger partial charge in [-0.3, -0.25) is 9.59 Å². The van der Waals surface area contributed by atoms with Gasteiger partial charge in [-0.2, -0.15) is 0 Å². The highest BCUT2D eigenvalue weighted by Crippen LogP contribution is 2.20. The van der Waals surface area contributed by atoms with Crippen LogP contribution >= 0.6 is 0 Å². The highest BCUT2D eigenvalue weighted by Gasteiger charge is 2.10. The zero-order valence-electron chi connectivity index (χ0n) is 13.0. The highest BCUT2D eigenvalue weighted by molar-refractivity contribution is 5.99. The fraction of sp³-hybridized carbons (Fsp3) is 0.158. The molecule has 0 unspecified atom stereocenters. The Labute approximate surface area is 134 Å². The Morgan fingerprint density at radius 3 is 2.57 bits per heavy atom. The van der Waals surface area contributed by atoms with Crippen molar-refractivity contribution in [1.82, 2.24) is 4.57 Å². The average molecular weight is 306 g/mol. The Balaban J connectivity index is 1.78. The number of carbonyl (C=O) groups excluding carboxylic acids is 2. The Bertz CT molecular complexity index is 847. The van der Waals surface area contributed by atoms with Crippen LogP contribution in [-0.4, -0.2) is 16.8 Å². The van der Waals surface area contributed by atoms with Gasteiger partial charge in [0.25, 0.3) is 0 Å². The quantitative estimate of drug-likeness (QED) is 0.731. The van der Waals surface area contributed by atoms with Crippen molar-refractivity contribution in [2.75, 3.05) is 5.32 Å². The molecule has 0 aliphatic rings. The predicted octanol–water partition coefficient (Wildman–Crippen LogP) is 3.65. The number of anilines is 1. The van der Waals surface area contributed by atoms with Gasteiger partial charge in [-0.15, -0.1) is 0 Å². The summed E-state index contributed by atoms with van der Waals surface area (Å²) in [6.07, 6.45) is 3.51. The van der Waals surface area contributed by atoms with Crippen LogP contribution in [0.4, 0.5) is 5.69 Å². The highest BCUT2D eigenvalue weighted by atomic mass is 16.2. The SMILES string of the molecule is CCc1ccc(NC(=O)Cn2cc(C=O)c3ccccc32)cc1. The Morgan fingerprint density at radius 2 is 1.87 bits per heavy atom. The van der Waals surface area contributed by atoms with Crippen LogP contribution in [0.3, 0.4) is 0 Å². The third-order valence-corrected chi connectivity index (χ3v) is 3.91. The van der Waals surface area contributed by atoms with Crippen molar-refractivity contribution >= 4 is 28.8 Å². The number of hydrogen-bond donors (Lipinski definition) is 1. The second-order valence-electron chi connectivity index (χ2n) is 5.45. The van der Waals surface area contributed by atoms with Crippen LogP contribution in [0.15, 0.2) is 54.7 Å². The molecule has 1 aromatic heterocycles. The van der Waals surface area contributed by atoms with E-state index in [-0.39, 0.29) is 12.5 Å². The molecule has 0 aliphatic carbocycles. The van der Waals surface area contributed by atoms with E-state index in [0.717, 1.165) is 29.3 Å². The first-order chi connectivity index (χ1) is 11.2. The number of aromatic nitrogens is 1. The lowest BCUT2D eigenvalue weighted by Gasteiger charge is -2.08. The van der Waals surface area contributed by atoms with E-state index in [9.17, 15) is 9.59 Å². The van der Waals surface area contributed by atoms with Crippen LogP contribution in [-0.2, 0) is 17.8 Å². The number of hydrogen-bond acceptors (Lipinski definition) is 2. The van der Waals surface area contributed by atoms with E-state index in [1.165, 1.54) is 5.56 Å². The Kier molecular flexibility index (Phi) is 4.24. The van der Waals surface area contributed by atoms with E-state index < -0.39 is 0 Å². The average Bonchev–Trinajstić information content (AvgIpc) is 2.93. The van der Waals surface area contributed by atoms with Crippen LogP contribution < -0.4 is 5.32 Å². The number of aldehydes is 1. The standard InChI is InChI=1S/C19H18N2O2/c1-2-14-7-9-16(10-8-14)20-19(23)12-21-11-15(13-22)17-5-3-4-6-18(17)21/h3-11,13H,2,12H2,1H3,(H,20,23). The van der Waals surface area contributed by atoms with Crippen molar-refractivity contribution in [2.45, 2.75) is 19.9 Å². The maximum atomic E-state index is 12.3. The van der Waals surface area contributed by atoms with Crippen LogP contribution in [0.1, 0.15) is 22.8 Å². The van der Waals surface area contributed by atoms with Crippen molar-refractivity contribution in [3.8, 4) is 0 Å². The lowest BCUT2D eigenvalue weighted by molar-refractivity contribution is -0.116. The summed E-state index contributed by atoms with van der Waals surface area (Å²) >= 11 is 0. The van der Waals surface area contributed by atoms with Crippen molar-refractivity contribution in [1.29, 1.82) is 0 Å². The molecular weight excluding hydrogens is 288 g/mol. The molecule has 0 bridgehead atoms. The summed E-state index contributed by atoms with van der Waals surface area (Å²) in [6.45, 7) is 2.26. The lowest BCUT2D eigenvalue weighted by Crippen LogP contribution is -2.18. The van der Waals surface area contributed by atoms with Crippen molar-refractivity contribution in [3.63, 3.8) is 0 Å².